The summed E-state index contributed by atoms with van der Waals surface area (Å²) in [4.78, 5) is 0. The number of nitrogens with one attached hydrogen (secondary N) is 1. The van der Waals surface area contributed by atoms with Gasteiger partial charge < -0.3 is 10.4 Å². The standard InChI is InChI=1S/C15H22BrNO/c1-10(2)15(18)9-17-14-6-4-11-7-13(16)5-3-12(11)8-14/h3,5,7,10,14-15,17-18H,4,6,8-9H2,1-2H3. The Morgan fingerprint density at radius 1 is 1.39 bits per heavy atom. The highest BCUT2D eigenvalue weighted by molar-refractivity contribution is 9.10. The van der Waals surface area contributed by atoms with Gasteiger partial charge in [0.15, 0.2) is 0 Å². The van der Waals surface area contributed by atoms with E-state index in [0.717, 1.165) is 19.3 Å². The molecule has 0 radical (unpaired) electrons. The second-order valence-corrected chi connectivity index (χ2v) is 6.49. The summed E-state index contributed by atoms with van der Waals surface area (Å²) in [5.74, 6) is 0.323. The molecule has 1 aromatic rings. The minimum atomic E-state index is -0.240. The van der Waals surface area contributed by atoms with E-state index in [0.29, 0.717) is 18.5 Å². The van der Waals surface area contributed by atoms with Crippen molar-refractivity contribution >= 4 is 15.9 Å². The first-order chi connectivity index (χ1) is 8.56. The first-order valence-corrected chi connectivity index (χ1v) is 7.54. The van der Waals surface area contributed by atoms with Crippen LogP contribution in [0.3, 0.4) is 0 Å². The van der Waals surface area contributed by atoms with Gasteiger partial charge in [0.2, 0.25) is 0 Å². The van der Waals surface area contributed by atoms with E-state index in [2.05, 4.69) is 53.3 Å². The maximum atomic E-state index is 9.82. The topological polar surface area (TPSA) is 32.3 Å². The Morgan fingerprint density at radius 3 is 2.89 bits per heavy atom. The van der Waals surface area contributed by atoms with Gasteiger partial charge in [-0.3, -0.25) is 0 Å². The number of hydrogen-bond donors (Lipinski definition) is 2. The van der Waals surface area contributed by atoms with E-state index in [4.69, 9.17) is 0 Å². The van der Waals surface area contributed by atoms with Crippen molar-refractivity contribution in [2.75, 3.05) is 6.54 Å². The zero-order valence-electron chi connectivity index (χ0n) is 11.1. The van der Waals surface area contributed by atoms with Crippen molar-refractivity contribution in [2.24, 2.45) is 5.92 Å². The number of fused-ring (bicyclic) bond motifs is 1. The Bertz CT molecular complexity index is 405. The van der Waals surface area contributed by atoms with Crippen LogP contribution in [0.1, 0.15) is 31.4 Å². The molecule has 1 aromatic carbocycles. The highest BCUT2D eigenvalue weighted by Crippen LogP contribution is 2.24. The number of hydrogen-bond acceptors (Lipinski definition) is 2. The van der Waals surface area contributed by atoms with Gasteiger partial charge >= 0.3 is 0 Å². The molecule has 2 atom stereocenters. The third kappa shape index (κ3) is 3.56. The van der Waals surface area contributed by atoms with Crippen LogP contribution in [0.5, 0.6) is 0 Å². The minimum Gasteiger partial charge on any atom is -0.392 e. The van der Waals surface area contributed by atoms with E-state index in [1.807, 2.05) is 0 Å². The molecule has 3 heteroatoms. The van der Waals surface area contributed by atoms with Crippen molar-refractivity contribution in [3.63, 3.8) is 0 Å². The van der Waals surface area contributed by atoms with Crippen LogP contribution in [0.2, 0.25) is 0 Å². The fraction of sp³-hybridized carbons (Fsp3) is 0.600. The molecular weight excluding hydrogens is 290 g/mol. The summed E-state index contributed by atoms with van der Waals surface area (Å²) in [5.41, 5.74) is 2.91. The lowest BCUT2D eigenvalue weighted by Gasteiger charge is -2.27. The van der Waals surface area contributed by atoms with Crippen LogP contribution in [0.25, 0.3) is 0 Å². The second kappa shape index (κ2) is 6.18. The van der Waals surface area contributed by atoms with E-state index >= 15 is 0 Å². The van der Waals surface area contributed by atoms with Gasteiger partial charge in [0.1, 0.15) is 0 Å². The summed E-state index contributed by atoms with van der Waals surface area (Å²) in [7, 11) is 0. The SMILES string of the molecule is CC(C)C(O)CNC1CCc2cc(Br)ccc2C1. The largest absolute Gasteiger partial charge is 0.392 e. The van der Waals surface area contributed by atoms with Gasteiger partial charge in [0, 0.05) is 17.1 Å². The van der Waals surface area contributed by atoms with Crippen LogP contribution in [0.4, 0.5) is 0 Å². The minimum absolute atomic E-state index is 0.240. The lowest BCUT2D eigenvalue weighted by Crippen LogP contribution is -2.40. The molecule has 0 fully saturated rings. The average molecular weight is 312 g/mol. The summed E-state index contributed by atoms with van der Waals surface area (Å²) in [6, 6.07) is 7.07. The number of aliphatic hydroxyl groups excluding tert-OH is 1. The molecule has 1 aliphatic rings. The zero-order chi connectivity index (χ0) is 13.1. The Morgan fingerprint density at radius 2 is 2.17 bits per heavy atom. The van der Waals surface area contributed by atoms with E-state index in [1.165, 1.54) is 15.6 Å². The molecule has 0 bridgehead atoms. The highest BCUT2D eigenvalue weighted by Gasteiger charge is 2.19. The molecule has 0 aromatic heterocycles. The Hall–Kier alpha value is -0.380. The van der Waals surface area contributed by atoms with Crippen molar-refractivity contribution in [3.05, 3.63) is 33.8 Å². The normalized spacial score (nSPS) is 20.8. The van der Waals surface area contributed by atoms with Crippen molar-refractivity contribution in [1.82, 2.24) is 5.32 Å². The third-order valence-electron chi connectivity index (χ3n) is 3.78. The maximum absolute atomic E-state index is 9.82. The van der Waals surface area contributed by atoms with Crippen LogP contribution in [0.15, 0.2) is 22.7 Å². The van der Waals surface area contributed by atoms with Gasteiger partial charge in [-0.05, 0) is 48.4 Å². The molecule has 0 saturated heterocycles. The van der Waals surface area contributed by atoms with Crippen LogP contribution in [-0.2, 0) is 12.8 Å². The van der Waals surface area contributed by atoms with E-state index in [9.17, 15) is 5.11 Å². The summed E-state index contributed by atoms with van der Waals surface area (Å²) in [6.45, 7) is 4.81. The number of halogens is 1. The lowest BCUT2D eigenvalue weighted by molar-refractivity contribution is 0.119. The monoisotopic (exact) mass is 311 g/mol. The Labute approximate surface area is 118 Å². The first-order valence-electron chi connectivity index (χ1n) is 6.75. The summed E-state index contributed by atoms with van der Waals surface area (Å²) in [6.07, 6.45) is 3.13. The number of rotatable bonds is 4. The molecule has 2 rings (SSSR count). The molecule has 100 valence electrons. The predicted octanol–water partition coefficient (Wildman–Crippen LogP) is 2.91. The van der Waals surface area contributed by atoms with Crippen LogP contribution in [0, 0.1) is 5.92 Å². The van der Waals surface area contributed by atoms with Crippen LogP contribution in [-0.4, -0.2) is 23.8 Å². The molecule has 0 amide bonds. The fourth-order valence-corrected chi connectivity index (χ4v) is 2.83. The van der Waals surface area contributed by atoms with E-state index in [-0.39, 0.29) is 6.10 Å². The van der Waals surface area contributed by atoms with Gasteiger partial charge in [0.25, 0.3) is 0 Å². The van der Waals surface area contributed by atoms with Gasteiger partial charge in [-0.25, -0.2) is 0 Å². The maximum Gasteiger partial charge on any atom is 0.0687 e. The number of aryl methyl sites for hydroxylation is 1. The lowest BCUT2D eigenvalue weighted by atomic mass is 9.88. The third-order valence-corrected chi connectivity index (χ3v) is 4.28. The summed E-state index contributed by atoms with van der Waals surface area (Å²) in [5, 5.41) is 13.3. The second-order valence-electron chi connectivity index (χ2n) is 5.57. The molecule has 0 saturated carbocycles. The zero-order valence-corrected chi connectivity index (χ0v) is 12.7. The van der Waals surface area contributed by atoms with Crippen molar-refractivity contribution in [1.29, 1.82) is 0 Å². The molecular formula is C15H22BrNO. The molecule has 0 spiro atoms. The number of aliphatic hydroxyl groups is 1. The van der Waals surface area contributed by atoms with Crippen molar-refractivity contribution in [2.45, 2.75) is 45.3 Å². The van der Waals surface area contributed by atoms with Gasteiger partial charge in [0.05, 0.1) is 6.10 Å². The van der Waals surface area contributed by atoms with Gasteiger partial charge in [-0.1, -0.05) is 35.8 Å². The van der Waals surface area contributed by atoms with Crippen molar-refractivity contribution in [3.8, 4) is 0 Å². The molecule has 0 heterocycles. The first kappa shape index (κ1) is 14.0. The Kier molecular flexibility index (Phi) is 4.82. The van der Waals surface area contributed by atoms with E-state index < -0.39 is 0 Å². The fourth-order valence-electron chi connectivity index (χ4n) is 2.42. The van der Waals surface area contributed by atoms with Gasteiger partial charge in [-0.15, -0.1) is 0 Å². The summed E-state index contributed by atoms with van der Waals surface area (Å²) >= 11 is 3.52. The molecule has 0 aliphatic heterocycles. The van der Waals surface area contributed by atoms with Gasteiger partial charge in [-0.2, -0.15) is 0 Å². The predicted molar refractivity (Wildman–Crippen MR) is 78.8 cm³/mol. The summed E-state index contributed by atoms with van der Waals surface area (Å²) < 4.78 is 1.17. The highest BCUT2D eigenvalue weighted by atomic mass is 79.9. The molecule has 2 unspecified atom stereocenters. The van der Waals surface area contributed by atoms with Crippen molar-refractivity contribution < 1.29 is 5.11 Å². The number of benzene rings is 1. The average Bonchev–Trinajstić information content (AvgIpc) is 2.35. The molecule has 2 N–H and O–H groups in total. The van der Waals surface area contributed by atoms with Crippen LogP contribution < -0.4 is 5.32 Å². The quantitative estimate of drug-likeness (QED) is 0.896. The molecule has 1 aliphatic carbocycles. The van der Waals surface area contributed by atoms with Crippen LogP contribution >= 0.6 is 15.9 Å². The smallest absolute Gasteiger partial charge is 0.0687 e. The van der Waals surface area contributed by atoms with E-state index in [1.54, 1.807) is 0 Å². The Balaban J connectivity index is 1.90. The molecule has 18 heavy (non-hydrogen) atoms. The molecule has 2 nitrogen and oxygen atoms in total.